The molecule has 1 aromatic heterocycles. The van der Waals surface area contributed by atoms with Gasteiger partial charge in [0.15, 0.2) is 5.13 Å². The van der Waals surface area contributed by atoms with Crippen LogP contribution in [0.3, 0.4) is 0 Å². The standard InChI is InChI=1S/C24H27N3O3S2/c1-16(2)30-23-13-12-20(32(25,28)29)14-21(23)26-24-27-22(15-31-24)19-10-8-18(9-11-19)17-6-4-3-5-7-17/h6,8-16H,3-5,7H2,1-2H3,(H,26,27)(H2,25,28,29). The van der Waals surface area contributed by atoms with Crippen LogP contribution in [0.2, 0.25) is 0 Å². The number of aromatic nitrogens is 1. The number of thiazole rings is 1. The number of rotatable bonds is 7. The molecule has 0 radical (unpaired) electrons. The fourth-order valence-corrected chi connectivity index (χ4v) is 4.95. The van der Waals surface area contributed by atoms with E-state index in [1.807, 2.05) is 19.2 Å². The summed E-state index contributed by atoms with van der Waals surface area (Å²) < 4.78 is 29.4. The van der Waals surface area contributed by atoms with Crippen LogP contribution in [0, 0.1) is 0 Å². The van der Waals surface area contributed by atoms with E-state index in [1.54, 1.807) is 6.07 Å². The van der Waals surface area contributed by atoms with Crippen molar-refractivity contribution >= 4 is 37.8 Å². The Bertz CT molecular complexity index is 1230. The van der Waals surface area contributed by atoms with Crippen LogP contribution in [0.4, 0.5) is 10.8 Å². The molecule has 0 unspecified atom stereocenters. The van der Waals surface area contributed by atoms with Gasteiger partial charge in [0.05, 0.1) is 22.4 Å². The summed E-state index contributed by atoms with van der Waals surface area (Å²) in [6, 6.07) is 13.0. The first-order valence-corrected chi connectivity index (χ1v) is 13.1. The molecule has 0 fully saturated rings. The second kappa shape index (κ2) is 9.44. The molecular weight excluding hydrogens is 442 g/mol. The van der Waals surface area contributed by atoms with Crippen molar-refractivity contribution in [2.75, 3.05) is 5.32 Å². The van der Waals surface area contributed by atoms with Gasteiger partial charge >= 0.3 is 0 Å². The van der Waals surface area contributed by atoms with E-state index >= 15 is 0 Å². The average molecular weight is 470 g/mol. The molecule has 0 saturated heterocycles. The largest absolute Gasteiger partial charge is 0.489 e. The third kappa shape index (κ3) is 5.38. The van der Waals surface area contributed by atoms with Crippen molar-refractivity contribution in [1.82, 2.24) is 4.98 Å². The number of primary sulfonamides is 1. The number of benzene rings is 2. The molecular formula is C24H27N3O3S2. The molecule has 0 aliphatic heterocycles. The summed E-state index contributed by atoms with van der Waals surface area (Å²) in [4.78, 5) is 4.70. The first-order chi connectivity index (χ1) is 15.3. The lowest BCUT2D eigenvalue weighted by atomic mass is 9.93. The summed E-state index contributed by atoms with van der Waals surface area (Å²) >= 11 is 1.44. The second-order valence-corrected chi connectivity index (χ2v) is 10.5. The Morgan fingerprint density at radius 1 is 1.09 bits per heavy atom. The smallest absolute Gasteiger partial charge is 0.238 e. The Balaban J connectivity index is 1.57. The molecule has 0 spiro atoms. The minimum absolute atomic E-state index is 0.0143. The monoisotopic (exact) mass is 469 g/mol. The van der Waals surface area contributed by atoms with Gasteiger partial charge in [0.2, 0.25) is 10.0 Å². The van der Waals surface area contributed by atoms with E-state index in [0.29, 0.717) is 16.6 Å². The summed E-state index contributed by atoms with van der Waals surface area (Å²) in [7, 11) is -3.83. The number of nitrogens with one attached hydrogen (secondary N) is 1. The molecule has 1 aliphatic carbocycles. The molecule has 0 saturated carbocycles. The maximum Gasteiger partial charge on any atom is 0.238 e. The number of anilines is 2. The first-order valence-electron chi connectivity index (χ1n) is 10.7. The van der Waals surface area contributed by atoms with Crippen molar-refractivity contribution < 1.29 is 13.2 Å². The van der Waals surface area contributed by atoms with Crippen molar-refractivity contribution in [3.05, 3.63) is 59.5 Å². The normalized spacial score (nSPS) is 14.3. The summed E-state index contributed by atoms with van der Waals surface area (Å²) in [5.74, 6) is 0.536. The van der Waals surface area contributed by atoms with Gasteiger partial charge in [-0.05, 0) is 68.9 Å². The zero-order valence-electron chi connectivity index (χ0n) is 18.2. The molecule has 8 heteroatoms. The van der Waals surface area contributed by atoms with Crippen molar-refractivity contribution in [3.63, 3.8) is 0 Å². The highest BCUT2D eigenvalue weighted by atomic mass is 32.2. The maximum atomic E-state index is 11.8. The molecule has 0 atom stereocenters. The Morgan fingerprint density at radius 3 is 2.50 bits per heavy atom. The third-order valence-corrected chi connectivity index (χ3v) is 6.90. The predicted octanol–water partition coefficient (Wildman–Crippen LogP) is 5.95. The van der Waals surface area contributed by atoms with Gasteiger partial charge in [0.1, 0.15) is 5.75 Å². The number of nitrogens with two attached hydrogens (primary N) is 1. The highest BCUT2D eigenvalue weighted by Crippen LogP contribution is 2.34. The van der Waals surface area contributed by atoms with E-state index in [1.165, 1.54) is 47.4 Å². The summed E-state index contributed by atoms with van der Waals surface area (Å²) in [6.45, 7) is 3.82. The van der Waals surface area contributed by atoms with Crippen molar-refractivity contribution in [2.45, 2.75) is 50.5 Å². The zero-order chi connectivity index (χ0) is 22.7. The van der Waals surface area contributed by atoms with Crippen LogP contribution in [0.25, 0.3) is 16.8 Å². The van der Waals surface area contributed by atoms with Gasteiger partial charge in [-0.1, -0.05) is 30.3 Å². The molecule has 2 aromatic carbocycles. The lowest BCUT2D eigenvalue weighted by molar-refractivity contribution is 0.243. The quantitative estimate of drug-likeness (QED) is 0.446. The molecule has 168 valence electrons. The lowest BCUT2D eigenvalue weighted by Crippen LogP contribution is -2.13. The number of sulfonamides is 1. The van der Waals surface area contributed by atoms with Crippen LogP contribution in [0.15, 0.2) is 58.8 Å². The maximum absolute atomic E-state index is 11.8. The van der Waals surface area contributed by atoms with Crippen molar-refractivity contribution in [3.8, 4) is 17.0 Å². The van der Waals surface area contributed by atoms with Crippen LogP contribution in [0.5, 0.6) is 5.75 Å². The Hall–Kier alpha value is -2.68. The Morgan fingerprint density at radius 2 is 1.84 bits per heavy atom. The number of ether oxygens (including phenoxy) is 1. The molecule has 3 aromatic rings. The minimum atomic E-state index is -3.83. The number of nitrogens with zero attached hydrogens (tertiary/aromatic N) is 1. The highest BCUT2D eigenvalue weighted by molar-refractivity contribution is 7.89. The van der Waals surface area contributed by atoms with Gasteiger partial charge in [-0.2, -0.15) is 0 Å². The fraction of sp³-hybridized carbons (Fsp3) is 0.292. The van der Waals surface area contributed by atoms with Gasteiger partial charge < -0.3 is 10.1 Å². The van der Waals surface area contributed by atoms with E-state index < -0.39 is 10.0 Å². The van der Waals surface area contributed by atoms with E-state index in [2.05, 4.69) is 40.6 Å². The van der Waals surface area contributed by atoms with E-state index in [-0.39, 0.29) is 11.0 Å². The topological polar surface area (TPSA) is 94.3 Å². The van der Waals surface area contributed by atoms with Crippen LogP contribution >= 0.6 is 11.3 Å². The highest BCUT2D eigenvalue weighted by Gasteiger charge is 2.15. The van der Waals surface area contributed by atoms with Gasteiger partial charge in [-0.25, -0.2) is 18.5 Å². The number of hydrogen-bond donors (Lipinski definition) is 2. The van der Waals surface area contributed by atoms with Gasteiger partial charge in [-0.15, -0.1) is 11.3 Å². The van der Waals surface area contributed by atoms with Crippen molar-refractivity contribution in [1.29, 1.82) is 0 Å². The van der Waals surface area contributed by atoms with E-state index in [9.17, 15) is 8.42 Å². The third-order valence-electron chi connectivity index (χ3n) is 5.23. The Labute approximate surface area is 193 Å². The van der Waals surface area contributed by atoms with E-state index in [0.717, 1.165) is 24.1 Å². The van der Waals surface area contributed by atoms with Gasteiger partial charge in [0.25, 0.3) is 0 Å². The lowest BCUT2D eigenvalue weighted by Gasteiger charge is -2.15. The van der Waals surface area contributed by atoms with Crippen LogP contribution < -0.4 is 15.2 Å². The number of hydrogen-bond acceptors (Lipinski definition) is 6. The molecule has 0 amide bonds. The van der Waals surface area contributed by atoms with E-state index in [4.69, 9.17) is 9.88 Å². The summed E-state index contributed by atoms with van der Waals surface area (Å²) in [5, 5.41) is 11.1. The molecule has 3 N–H and O–H groups in total. The summed E-state index contributed by atoms with van der Waals surface area (Å²) in [6.07, 6.45) is 7.11. The van der Waals surface area contributed by atoms with Crippen LogP contribution in [-0.4, -0.2) is 19.5 Å². The molecule has 1 heterocycles. The molecule has 0 bridgehead atoms. The van der Waals surface area contributed by atoms with Crippen LogP contribution in [-0.2, 0) is 10.0 Å². The molecule has 4 rings (SSSR count). The summed E-state index contributed by atoms with van der Waals surface area (Å²) in [5.41, 5.74) is 5.10. The zero-order valence-corrected chi connectivity index (χ0v) is 19.8. The fourth-order valence-electron chi connectivity index (χ4n) is 3.67. The van der Waals surface area contributed by atoms with Gasteiger partial charge in [0, 0.05) is 10.9 Å². The predicted molar refractivity (Wildman–Crippen MR) is 131 cm³/mol. The van der Waals surface area contributed by atoms with Gasteiger partial charge in [-0.3, -0.25) is 0 Å². The minimum Gasteiger partial charge on any atom is -0.489 e. The number of allylic oxidation sites excluding steroid dienone is 2. The SMILES string of the molecule is CC(C)Oc1ccc(S(N)(=O)=O)cc1Nc1nc(-c2ccc(C3=CCCCC3)cc2)cs1. The average Bonchev–Trinajstić information content (AvgIpc) is 3.23. The molecule has 32 heavy (non-hydrogen) atoms. The second-order valence-electron chi connectivity index (χ2n) is 8.08. The van der Waals surface area contributed by atoms with Crippen molar-refractivity contribution in [2.24, 2.45) is 5.14 Å². The Kier molecular flexibility index (Phi) is 6.64. The molecule has 1 aliphatic rings. The van der Waals surface area contributed by atoms with Crippen LogP contribution in [0.1, 0.15) is 45.1 Å². The first kappa shape index (κ1) is 22.5. The molecule has 6 nitrogen and oxygen atoms in total.